The molecule has 0 saturated carbocycles. The van der Waals surface area contributed by atoms with Crippen LogP contribution in [-0.2, 0) is 4.74 Å². The molecule has 0 aliphatic heterocycles. The normalized spacial score (nSPS) is 12.5. The Bertz CT molecular complexity index is 726. The maximum absolute atomic E-state index is 9.61. The molecule has 1 aromatic carbocycles. The van der Waals surface area contributed by atoms with Gasteiger partial charge in [-0.05, 0) is 12.1 Å². The number of ether oxygens (including phenoxy) is 1. The van der Waals surface area contributed by atoms with Crippen LogP contribution in [0.2, 0.25) is 0 Å². The Morgan fingerprint density at radius 1 is 1.36 bits per heavy atom. The van der Waals surface area contributed by atoms with Crippen LogP contribution in [0.1, 0.15) is 0 Å². The van der Waals surface area contributed by atoms with Crippen LogP contribution in [0.25, 0.3) is 22.4 Å². The topological polar surface area (TPSA) is 93.3 Å². The summed E-state index contributed by atoms with van der Waals surface area (Å²) in [5.41, 5.74) is 1.37. The smallest absolute Gasteiger partial charge is 0.243 e. The predicted octanol–water partition coefficient (Wildman–Crippen LogP) is 1.70. The van der Waals surface area contributed by atoms with E-state index in [0.29, 0.717) is 17.4 Å². The van der Waals surface area contributed by atoms with Crippen LogP contribution in [0.15, 0.2) is 40.9 Å². The minimum Gasteiger partial charge on any atom is -0.454 e. The van der Waals surface area contributed by atoms with Crippen LogP contribution in [-0.4, -0.2) is 46.7 Å². The zero-order valence-corrected chi connectivity index (χ0v) is 12.1. The average molecular weight is 300 g/mol. The Morgan fingerprint density at radius 3 is 3.05 bits per heavy atom. The second-order valence-corrected chi connectivity index (χ2v) is 4.80. The van der Waals surface area contributed by atoms with Crippen molar-refractivity contribution in [1.82, 2.24) is 15.2 Å². The van der Waals surface area contributed by atoms with Crippen LogP contribution in [0.3, 0.4) is 0 Å². The first-order chi connectivity index (χ1) is 10.8. The second kappa shape index (κ2) is 6.50. The molecule has 7 heteroatoms. The molecule has 3 aromatic rings. The molecular weight excluding hydrogens is 284 g/mol. The van der Waals surface area contributed by atoms with Gasteiger partial charge in [0, 0.05) is 19.0 Å². The van der Waals surface area contributed by atoms with E-state index in [-0.39, 0.29) is 13.2 Å². The van der Waals surface area contributed by atoms with Gasteiger partial charge in [-0.1, -0.05) is 18.2 Å². The molecule has 0 saturated heterocycles. The zero-order valence-electron chi connectivity index (χ0n) is 12.1. The molecule has 2 heterocycles. The highest BCUT2D eigenvalue weighted by molar-refractivity contribution is 5.81. The van der Waals surface area contributed by atoms with Crippen molar-refractivity contribution in [2.45, 2.75) is 6.10 Å². The fourth-order valence-electron chi connectivity index (χ4n) is 2.07. The van der Waals surface area contributed by atoms with Gasteiger partial charge in [0.05, 0.1) is 18.9 Å². The third-order valence-electron chi connectivity index (χ3n) is 3.09. The van der Waals surface area contributed by atoms with Crippen LogP contribution < -0.4 is 5.32 Å². The van der Waals surface area contributed by atoms with E-state index in [4.69, 9.17) is 9.15 Å². The first-order valence-electron chi connectivity index (χ1n) is 6.86. The third-order valence-corrected chi connectivity index (χ3v) is 3.09. The van der Waals surface area contributed by atoms with Crippen molar-refractivity contribution in [3.8, 4) is 11.5 Å². The van der Waals surface area contributed by atoms with Crippen molar-refractivity contribution in [3.05, 3.63) is 36.5 Å². The molecule has 0 bridgehead atoms. The Balaban J connectivity index is 1.78. The Morgan fingerprint density at radius 2 is 2.23 bits per heavy atom. The van der Waals surface area contributed by atoms with Gasteiger partial charge in [0.15, 0.2) is 5.76 Å². The van der Waals surface area contributed by atoms with Crippen LogP contribution >= 0.6 is 0 Å². The Labute approximate surface area is 127 Å². The number of nitrogens with zero attached hydrogens (tertiary/aromatic N) is 3. The standard InChI is InChI=1S/C15H16N4O3/c1-21-9-11(20)7-16-15-18-12(8-17-19-15)14-6-10-4-2-3-5-13(10)22-14/h2-6,8,11,20H,7,9H2,1H3,(H,16,18,19). The molecule has 22 heavy (non-hydrogen) atoms. The highest BCUT2D eigenvalue weighted by atomic mass is 16.5. The molecule has 1 unspecified atom stereocenters. The fraction of sp³-hybridized carbons (Fsp3) is 0.267. The van der Waals surface area contributed by atoms with Crippen LogP contribution in [0.5, 0.6) is 0 Å². The Hall–Kier alpha value is -2.51. The largest absolute Gasteiger partial charge is 0.454 e. The monoisotopic (exact) mass is 300 g/mol. The molecular formula is C15H16N4O3. The molecule has 0 spiro atoms. The number of aliphatic hydroxyl groups excluding tert-OH is 1. The molecule has 114 valence electrons. The lowest BCUT2D eigenvalue weighted by atomic mass is 10.2. The summed E-state index contributed by atoms with van der Waals surface area (Å²) in [6.07, 6.45) is 0.900. The maximum Gasteiger partial charge on any atom is 0.243 e. The lowest BCUT2D eigenvalue weighted by Gasteiger charge is -2.10. The van der Waals surface area contributed by atoms with Gasteiger partial charge in [0.1, 0.15) is 11.3 Å². The number of hydrogen-bond donors (Lipinski definition) is 2. The highest BCUT2D eigenvalue weighted by Gasteiger charge is 2.10. The van der Waals surface area contributed by atoms with E-state index in [1.165, 1.54) is 13.3 Å². The van der Waals surface area contributed by atoms with E-state index in [1.54, 1.807) is 0 Å². The van der Waals surface area contributed by atoms with Crippen molar-refractivity contribution in [2.24, 2.45) is 0 Å². The SMILES string of the molecule is COCC(O)CNc1nncc(-c2cc3ccccc3o2)n1. The summed E-state index contributed by atoms with van der Waals surface area (Å²) in [6, 6.07) is 9.63. The maximum atomic E-state index is 9.61. The number of anilines is 1. The highest BCUT2D eigenvalue weighted by Crippen LogP contribution is 2.26. The minimum absolute atomic E-state index is 0.240. The van der Waals surface area contributed by atoms with E-state index in [0.717, 1.165) is 11.0 Å². The number of hydrogen-bond acceptors (Lipinski definition) is 7. The molecule has 1 atom stereocenters. The number of aromatic nitrogens is 3. The zero-order chi connectivity index (χ0) is 15.4. The van der Waals surface area contributed by atoms with Crippen LogP contribution in [0, 0.1) is 0 Å². The second-order valence-electron chi connectivity index (χ2n) is 4.80. The third kappa shape index (κ3) is 3.21. The van der Waals surface area contributed by atoms with Gasteiger partial charge in [-0.15, -0.1) is 5.10 Å². The molecule has 2 N–H and O–H groups in total. The van der Waals surface area contributed by atoms with Gasteiger partial charge in [0.25, 0.3) is 0 Å². The van der Waals surface area contributed by atoms with Gasteiger partial charge < -0.3 is 19.6 Å². The molecule has 0 radical (unpaired) electrons. The predicted molar refractivity (Wildman–Crippen MR) is 81.4 cm³/mol. The number of benzene rings is 1. The van der Waals surface area contributed by atoms with E-state index in [9.17, 15) is 5.11 Å². The first kappa shape index (κ1) is 14.4. The van der Waals surface area contributed by atoms with Crippen molar-refractivity contribution in [2.75, 3.05) is 25.6 Å². The van der Waals surface area contributed by atoms with Crippen molar-refractivity contribution in [1.29, 1.82) is 0 Å². The molecule has 0 amide bonds. The molecule has 7 nitrogen and oxygen atoms in total. The first-order valence-corrected chi connectivity index (χ1v) is 6.86. The molecule has 2 aromatic heterocycles. The lowest BCUT2D eigenvalue weighted by molar-refractivity contribution is 0.0726. The summed E-state index contributed by atoms with van der Waals surface area (Å²) in [4.78, 5) is 4.34. The Kier molecular flexibility index (Phi) is 4.27. The number of para-hydroxylation sites is 1. The number of rotatable bonds is 6. The van der Waals surface area contributed by atoms with Gasteiger partial charge in [-0.25, -0.2) is 4.98 Å². The van der Waals surface area contributed by atoms with E-state index in [1.807, 2.05) is 30.3 Å². The van der Waals surface area contributed by atoms with Crippen LogP contribution in [0.4, 0.5) is 5.95 Å². The van der Waals surface area contributed by atoms with Crippen molar-refractivity contribution >= 4 is 16.9 Å². The van der Waals surface area contributed by atoms with Crippen molar-refractivity contribution in [3.63, 3.8) is 0 Å². The number of methoxy groups -OCH3 is 1. The van der Waals surface area contributed by atoms with Gasteiger partial charge in [0.2, 0.25) is 5.95 Å². The minimum atomic E-state index is -0.636. The molecule has 0 aliphatic rings. The summed E-state index contributed by atoms with van der Waals surface area (Å²) in [5, 5.41) is 21.3. The summed E-state index contributed by atoms with van der Waals surface area (Å²) in [6.45, 7) is 0.517. The number of furan rings is 1. The lowest BCUT2D eigenvalue weighted by Crippen LogP contribution is -2.25. The summed E-state index contributed by atoms with van der Waals surface area (Å²) in [7, 11) is 1.53. The fourth-order valence-corrected chi connectivity index (χ4v) is 2.07. The van der Waals surface area contributed by atoms with E-state index >= 15 is 0 Å². The van der Waals surface area contributed by atoms with Crippen molar-refractivity contribution < 1.29 is 14.3 Å². The van der Waals surface area contributed by atoms with Gasteiger partial charge >= 0.3 is 0 Å². The van der Waals surface area contributed by atoms with E-state index < -0.39 is 6.10 Å². The molecule has 0 fully saturated rings. The average Bonchev–Trinajstić information content (AvgIpc) is 2.98. The van der Waals surface area contributed by atoms with E-state index in [2.05, 4.69) is 20.5 Å². The summed E-state index contributed by atoms with van der Waals surface area (Å²) >= 11 is 0. The number of aliphatic hydroxyl groups is 1. The molecule has 0 aliphatic carbocycles. The van der Waals surface area contributed by atoms with Gasteiger partial charge in [-0.3, -0.25) is 0 Å². The quantitative estimate of drug-likeness (QED) is 0.715. The number of fused-ring (bicyclic) bond motifs is 1. The summed E-state index contributed by atoms with van der Waals surface area (Å²) in [5.74, 6) is 0.949. The van der Waals surface area contributed by atoms with Gasteiger partial charge in [-0.2, -0.15) is 5.10 Å². The molecule has 3 rings (SSSR count). The number of nitrogens with one attached hydrogen (secondary N) is 1. The summed E-state index contributed by atoms with van der Waals surface area (Å²) < 4.78 is 10.6.